The largest absolute Gasteiger partial charge is 0.512 e. The monoisotopic (exact) mass is 298 g/mol. The normalized spacial score (nSPS) is 10.5. The molecule has 0 saturated carbocycles. The summed E-state index contributed by atoms with van der Waals surface area (Å²) in [5.41, 5.74) is 3.22. The molecule has 22 heavy (non-hydrogen) atoms. The van der Waals surface area contributed by atoms with Crippen molar-refractivity contribution in [2.45, 2.75) is 33.1 Å². The minimum absolute atomic E-state index is 0.0239. The van der Waals surface area contributed by atoms with Crippen molar-refractivity contribution < 1.29 is 15.3 Å². The molecule has 0 saturated heterocycles. The van der Waals surface area contributed by atoms with Crippen LogP contribution in [0.25, 0.3) is 0 Å². The van der Waals surface area contributed by atoms with Gasteiger partial charge in [-0.05, 0) is 55.5 Å². The van der Waals surface area contributed by atoms with Crippen molar-refractivity contribution in [2.24, 2.45) is 0 Å². The van der Waals surface area contributed by atoms with E-state index in [-0.39, 0.29) is 23.7 Å². The zero-order valence-corrected chi connectivity index (χ0v) is 13.0. The van der Waals surface area contributed by atoms with Crippen molar-refractivity contribution in [2.75, 3.05) is 0 Å². The Labute approximate surface area is 131 Å². The molecule has 0 aliphatic heterocycles. The molecule has 0 atom stereocenters. The molecular weight excluding hydrogens is 276 g/mol. The number of allylic oxidation sites excluding steroid dienone is 2. The van der Waals surface area contributed by atoms with E-state index < -0.39 is 0 Å². The standard InChI is InChI=1S/C19H22O3/c1-13(2)17(20)12-16-18(21)10-15(11-19(16)22)9-8-14-6-4-3-5-7-14/h3-7,10-11,20-22H,8-9,12H2,1-2H3. The summed E-state index contributed by atoms with van der Waals surface area (Å²) in [4.78, 5) is 0. The molecule has 0 aliphatic carbocycles. The molecule has 3 nitrogen and oxygen atoms in total. The number of benzene rings is 2. The summed E-state index contributed by atoms with van der Waals surface area (Å²) in [5.74, 6) is 0.217. The van der Waals surface area contributed by atoms with E-state index in [0.717, 1.165) is 24.0 Å². The number of phenolic OH excluding ortho intramolecular Hbond substituents is 2. The average Bonchev–Trinajstić information content (AvgIpc) is 2.49. The molecule has 0 radical (unpaired) electrons. The summed E-state index contributed by atoms with van der Waals surface area (Å²) in [6.07, 6.45) is 1.72. The van der Waals surface area contributed by atoms with Gasteiger partial charge in [0.1, 0.15) is 11.5 Å². The van der Waals surface area contributed by atoms with E-state index in [0.29, 0.717) is 5.56 Å². The maximum Gasteiger partial charge on any atom is 0.123 e. The van der Waals surface area contributed by atoms with Crippen molar-refractivity contribution >= 4 is 0 Å². The van der Waals surface area contributed by atoms with Crippen LogP contribution < -0.4 is 0 Å². The first kappa shape index (κ1) is 16.0. The predicted octanol–water partition coefficient (Wildman–Crippen LogP) is 4.28. The zero-order valence-electron chi connectivity index (χ0n) is 13.0. The minimum Gasteiger partial charge on any atom is -0.512 e. The molecule has 0 amide bonds. The number of aliphatic hydroxyl groups is 1. The number of phenols is 2. The van der Waals surface area contributed by atoms with Crippen molar-refractivity contribution in [1.29, 1.82) is 0 Å². The van der Waals surface area contributed by atoms with E-state index >= 15 is 0 Å². The topological polar surface area (TPSA) is 60.7 Å². The second-order valence-corrected chi connectivity index (χ2v) is 5.72. The van der Waals surface area contributed by atoms with Gasteiger partial charge in [0.25, 0.3) is 0 Å². The van der Waals surface area contributed by atoms with Gasteiger partial charge in [-0.3, -0.25) is 0 Å². The highest BCUT2D eigenvalue weighted by atomic mass is 16.3. The summed E-state index contributed by atoms with van der Waals surface area (Å²) in [6.45, 7) is 3.58. The van der Waals surface area contributed by atoms with Crippen LogP contribution in [0.3, 0.4) is 0 Å². The van der Waals surface area contributed by atoms with Crippen molar-refractivity contribution in [3.8, 4) is 11.5 Å². The van der Waals surface area contributed by atoms with Crippen molar-refractivity contribution in [3.63, 3.8) is 0 Å². The van der Waals surface area contributed by atoms with Gasteiger partial charge in [0.15, 0.2) is 0 Å². The van der Waals surface area contributed by atoms with Gasteiger partial charge in [-0.15, -0.1) is 0 Å². The fraction of sp³-hybridized carbons (Fsp3) is 0.263. The Morgan fingerprint density at radius 3 is 1.95 bits per heavy atom. The van der Waals surface area contributed by atoms with Gasteiger partial charge in [-0.25, -0.2) is 0 Å². The molecule has 2 aromatic carbocycles. The van der Waals surface area contributed by atoms with E-state index in [1.807, 2.05) is 18.2 Å². The lowest BCUT2D eigenvalue weighted by molar-refractivity contribution is 0.380. The Bertz CT molecular complexity index is 645. The second-order valence-electron chi connectivity index (χ2n) is 5.72. The average molecular weight is 298 g/mol. The molecule has 0 heterocycles. The van der Waals surface area contributed by atoms with Crippen LogP contribution in [0.4, 0.5) is 0 Å². The van der Waals surface area contributed by atoms with Crippen LogP contribution >= 0.6 is 0 Å². The SMILES string of the molecule is CC(C)=C(O)Cc1c(O)cc(CCc2ccccc2)cc1O. The van der Waals surface area contributed by atoms with Crippen LogP contribution in [0.2, 0.25) is 0 Å². The molecule has 0 aliphatic rings. The third kappa shape index (κ3) is 4.04. The van der Waals surface area contributed by atoms with Crippen molar-refractivity contribution in [1.82, 2.24) is 0 Å². The van der Waals surface area contributed by atoms with Gasteiger partial charge in [0, 0.05) is 12.0 Å². The van der Waals surface area contributed by atoms with E-state index in [4.69, 9.17) is 0 Å². The highest BCUT2D eigenvalue weighted by Crippen LogP contribution is 2.31. The molecular formula is C19H22O3. The van der Waals surface area contributed by atoms with Crippen LogP contribution in [0, 0.1) is 0 Å². The number of hydrogen-bond donors (Lipinski definition) is 3. The third-order valence-corrected chi connectivity index (χ3v) is 3.73. The van der Waals surface area contributed by atoms with Gasteiger partial charge in [-0.2, -0.15) is 0 Å². The van der Waals surface area contributed by atoms with E-state index in [1.165, 1.54) is 5.56 Å². The lowest BCUT2D eigenvalue weighted by atomic mass is 9.99. The number of aryl methyl sites for hydroxylation is 2. The number of hydrogen-bond acceptors (Lipinski definition) is 3. The molecule has 0 aromatic heterocycles. The molecule has 0 spiro atoms. The molecule has 0 fully saturated rings. The molecule has 0 unspecified atom stereocenters. The van der Waals surface area contributed by atoms with Crippen LogP contribution in [0.5, 0.6) is 11.5 Å². The van der Waals surface area contributed by atoms with Gasteiger partial charge in [0.2, 0.25) is 0 Å². The summed E-state index contributed by atoms with van der Waals surface area (Å²) in [5, 5.41) is 30.0. The zero-order chi connectivity index (χ0) is 16.1. The summed E-state index contributed by atoms with van der Waals surface area (Å²) in [7, 11) is 0. The number of aromatic hydroxyl groups is 2. The number of aliphatic hydroxyl groups excluding tert-OH is 1. The van der Waals surface area contributed by atoms with Crippen LogP contribution in [0.15, 0.2) is 53.8 Å². The summed E-state index contributed by atoms with van der Waals surface area (Å²) in [6, 6.07) is 13.4. The first-order valence-electron chi connectivity index (χ1n) is 7.40. The lowest BCUT2D eigenvalue weighted by Gasteiger charge is -2.11. The molecule has 2 aromatic rings. The van der Waals surface area contributed by atoms with E-state index in [2.05, 4.69) is 12.1 Å². The highest BCUT2D eigenvalue weighted by molar-refractivity contribution is 5.48. The maximum absolute atomic E-state index is 10.1. The van der Waals surface area contributed by atoms with E-state index in [1.54, 1.807) is 26.0 Å². The third-order valence-electron chi connectivity index (χ3n) is 3.73. The van der Waals surface area contributed by atoms with Gasteiger partial charge >= 0.3 is 0 Å². The predicted molar refractivity (Wildman–Crippen MR) is 88.3 cm³/mol. The second kappa shape index (κ2) is 7.03. The highest BCUT2D eigenvalue weighted by Gasteiger charge is 2.12. The Morgan fingerprint density at radius 1 is 0.864 bits per heavy atom. The van der Waals surface area contributed by atoms with Gasteiger partial charge < -0.3 is 15.3 Å². The first-order chi connectivity index (χ1) is 10.5. The number of rotatable bonds is 5. The molecule has 0 bridgehead atoms. The van der Waals surface area contributed by atoms with Crippen molar-refractivity contribution in [3.05, 3.63) is 70.5 Å². The smallest absolute Gasteiger partial charge is 0.123 e. The fourth-order valence-corrected chi connectivity index (χ4v) is 2.30. The van der Waals surface area contributed by atoms with Gasteiger partial charge in [-0.1, -0.05) is 30.3 Å². The van der Waals surface area contributed by atoms with Gasteiger partial charge in [0.05, 0.1) is 5.76 Å². The Kier molecular flexibility index (Phi) is 5.10. The van der Waals surface area contributed by atoms with Crippen LogP contribution in [-0.4, -0.2) is 15.3 Å². The lowest BCUT2D eigenvalue weighted by Crippen LogP contribution is -1.96. The quantitative estimate of drug-likeness (QED) is 0.722. The molecule has 116 valence electrons. The minimum atomic E-state index is 0.0239. The maximum atomic E-state index is 10.1. The fourth-order valence-electron chi connectivity index (χ4n) is 2.30. The Morgan fingerprint density at radius 2 is 1.41 bits per heavy atom. The molecule has 2 rings (SSSR count). The Hall–Kier alpha value is -2.42. The van der Waals surface area contributed by atoms with Crippen LogP contribution in [0.1, 0.15) is 30.5 Å². The molecule has 3 heteroatoms. The first-order valence-corrected chi connectivity index (χ1v) is 7.40. The summed E-state index contributed by atoms with van der Waals surface area (Å²) >= 11 is 0. The Balaban J connectivity index is 2.14. The summed E-state index contributed by atoms with van der Waals surface area (Å²) < 4.78 is 0. The van der Waals surface area contributed by atoms with E-state index in [9.17, 15) is 15.3 Å². The molecule has 3 N–H and O–H groups in total. The van der Waals surface area contributed by atoms with Crippen LogP contribution in [-0.2, 0) is 19.3 Å².